The van der Waals surface area contributed by atoms with Gasteiger partial charge in [-0.25, -0.2) is 9.59 Å². The Morgan fingerprint density at radius 3 is 1.63 bits per heavy atom. The molecule has 0 aliphatic carbocycles. The molecule has 0 radical (unpaired) electrons. The van der Waals surface area contributed by atoms with Crippen molar-refractivity contribution in [3.63, 3.8) is 0 Å². The first kappa shape index (κ1) is 33.8. The Kier molecular flexibility index (Phi) is 18.4. The van der Waals surface area contributed by atoms with Gasteiger partial charge in [0.15, 0.2) is 0 Å². The zero-order valence-electron chi connectivity index (χ0n) is 24.7. The summed E-state index contributed by atoms with van der Waals surface area (Å²) >= 11 is 0. The van der Waals surface area contributed by atoms with Crippen molar-refractivity contribution >= 4 is 12.1 Å². The summed E-state index contributed by atoms with van der Waals surface area (Å²) in [7, 11) is 0. The van der Waals surface area contributed by atoms with Crippen molar-refractivity contribution < 1.29 is 24.2 Å². The summed E-state index contributed by atoms with van der Waals surface area (Å²) in [5.74, 6) is -0.318. The van der Waals surface area contributed by atoms with E-state index in [0.717, 1.165) is 17.7 Å². The number of rotatable bonds is 22. The van der Waals surface area contributed by atoms with Crippen molar-refractivity contribution in [2.24, 2.45) is 0 Å². The lowest BCUT2D eigenvalue weighted by Crippen LogP contribution is -2.44. The highest BCUT2D eigenvalue weighted by molar-refractivity contribution is 5.80. The van der Waals surface area contributed by atoms with Crippen LogP contribution >= 0.6 is 0 Å². The fourth-order valence-corrected chi connectivity index (χ4v) is 4.45. The van der Waals surface area contributed by atoms with E-state index in [2.05, 4.69) is 12.2 Å². The lowest BCUT2D eigenvalue weighted by atomic mass is 10.0. The highest BCUT2D eigenvalue weighted by Crippen LogP contribution is 2.16. The average molecular weight is 534 g/mol. The van der Waals surface area contributed by atoms with E-state index in [9.17, 15) is 14.7 Å². The molecule has 1 atom stereocenters. The number of ether oxygens (including phenoxy) is 2. The maximum atomic E-state index is 11.9. The quantitative estimate of drug-likeness (QED) is 0.145. The SMILES string of the molecule is CCCCCCCCCCCCCCCCCCOc1ccc(C[C@H](NC(=O)OC(C)(C)C)C(=O)O)cc1. The number of carbonyl (C=O) groups excluding carboxylic acids is 1. The molecule has 0 spiro atoms. The van der Waals surface area contributed by atoms with Gasteiger partial charge in [-0.15, -0.1) is 0 Å². The first-order valence-corrected chi connectivity index (χ1v) is 15.2. The van der Waals surface area contributed by atoms with E-state index >= 15 is 0 Å². The van der Waals surface area contributed by atoms with Crippen LogP contribution < -0.4 is 10.1 Å². The van der Waals surface area contributed by atoms with Crippen molar-refractivity contribution in [1.82, 2.24) is 5.32 Å². The van der Waals surface area contributed by atoms with Crippen LogP contribution in [-0.2, 0) is 16.0 Å². The third-order valence-electron chi connectivity index (χ3n) is 6.62. The summed E-state index contributed by atoms with van der Waals surface area (Å²) < 4.78 is 11.0. The first-order chi connectivity index (χ1) is 18.2. The van der Waals surface area contributed by atoms with Gasteiger partial charge in [0, 0.05) is 6.42 Å². The van der Waals surface area contributed by atoms with Crippen LogP contribution in [0.15, 0.2) is 24.3 Å². The molecule has 0 aliphatic rings. The Morgan fingerprint density at radius 2 is 1.21 bits per heavy atom. The first-order valence-electron chi connectivity index (χ1n) is 15.2. The number of nitrogens with one attached hydrogen (secondary N) is 1. The van der Waals surface area contributed by atoms with Gasteiger partial charge in [0.2, 0.25) is 0 Å². The number of aliphatic carboxylic acids is 1. The zero-order chi connectivity index (χ0) is 28.1. The molecule has 0 aromatic heterocycles. The number of hydrogen-bond acceptors (Lipinski definition) is 4. The molecule has 0 bridgehead atoms. The van der Waals surface area contributed by atoms with Crippen molar-refractivity contribution in [2.45, 2.75) is 148 Å². The van der Waals surface area contributed by atoms with Gasteiger partial charge in [0.25, 0.3) is 0 Å². The van der Waals surface area contributed by atoms with Gasteiger partial charge in [-0.05, 0) is 44.9 Å². The summed E-state index contributed by atoms with van der Waals surface area (Å²) in [5.41, 5.74) is 0.127. The standard InChI is InChI=1S/C32H55NO5/c1-5-6-7-8-9-10-11-12-13-14-15-16-17-18-19-20-25-37-28-23-21-27(22-24-28)26-29(30(34)35)33-31(36)38-32(2,3)4/h21-24,29H,5-20,25-26H2,1-4H3,(H,33,36)(H,34,35)/t29-/m0/s1. The molecular weight excluding hydrogens is 478 g/mol. The maximum Gasteiger partial charge on any atom is 0.408 e. The summed E-state index contributed by atoms with van der Waals surface area (Å²) in [5, 5.41) is 11.9. The molecule has 1 rings (SSSR count). The molecule has 0 saturated carbocycles. The molecule has 6 nitrogen and oxygen atoms in total. The third-order valence-corrected chi connectivity index (χ3v) is 6.62. The lowest BCUT2D eigenvalue weighted by Gasteiger charge is -2.22. The largest absolute Gasteiger partial charge is 0.494 e. The van der Waals surface area contributed by atoms with E-state index in [4.69, 9.17) is 9.47 Å². The number of carboxylic acids is 1. The van der Waals surface area contributed by atoms with E-state index in [0.29, 0.717) is 6.61 Å². The van der Waals surface area contributed by atoms with E-state index in [-0.39, 0.29) is 6.42 Å². The molecule has 1 aromatic rings. The van der Waals surface area contributed by atoms with Gasteiger partial charge in [0.05, 0.1) is 6.61 Å². The molecule has 2 N–H and O–H groups in total. The van der Waals surface area contributed by atoms with E-state index in [1.165, 1.54) is 96.3 Å². The minimum Gasteiger partial charge on any atom is -0.494 e. The van der Waals surface area contributed by atoms with Crippen LogP contribution in [0.1, 0.15) is 136 Å². The number of benzene rings is 1. The average Bonchev–Trinajstić information content (AvgIpc) is 2.85. The Balaban J connectivity index is 2.06. The van der Waals surface area contributed by atoms with Crippen LogP contribution in [0.25, 0.3) is 0 Å². The van der Waals surface area contributed by atoms with E-state index in [1.54, 1.807) is 20.8 Å². The number of alkyl carbamates (subject to hydrolysis) is 1. The van der Waals surface area contributed by atoms with E-state index < -0.39 is 23.7 Å². The van der Waals surface area contributed by atoms with Gasteiger partial charge in [-0.1, -0.05) is 115 Å². The molecule has 0 aliphatic heterocycles. The second kappa shape index (κ2) is 20.7. The van der Waals surface area contributed by atoms with Crippen molar-refractivity contribution in [3.8, 4) is 5.75 Å². The van der Waals surface area contributed by atoms with Crippen LogP contribution in [0.3, 0.4) is 0 Å². The zero-order valence-corrected chi connectivity index (χ0v) is 24.7. The molecule has 0 fully saturated rings. The molecule has 6 heteroatoms. The number of carbonyl (C=O) groups is 2. The Bertz CT molecular complexity index is 741. The molecule has 1 aromatic carbocycles. The van der Waals surface area contributed by atoms with Crippen LogP contribution in [0.5, 0.6) is 5.75 Å². The molecule has 0 heterocycles. The van der Waals surface area contributed by atoms with Crippen molar-refractivity contribution in [2.75, 3.05) is 6.61 Å². The highest BCUT2D eigenvalue weighted by Gasteiger charge is 2.24. The summed E-state index contributed by atoms with van der Waals surface area (Å²) in [4.78, 5) is 23.5. The minimum absolute atomic E-state index is 0.175. The smallest absolute Gasteiger partial charge is 0.408 e. The lowest BCUT2D eigenvalue weighted by molar-refractivity contribution is -0.139. The van der Waals surface area contributed by atoms with Gasteiger partial charge in [-0.2, -0.15) is 0 Å². The van der Waals surface area contributed by atoms with Gasteiger partial charge in [-0.3, -0.25) is 0 Å². The van der Waals surface area contributed by atoms with Crippen molar-refractivity contribution in [1.29, 1.82) is 0 Å². The number of amides is 1. The number of unbranched alkanes of at least 4 members (excludes halogenated alkanes) is 15. The number of hydrogen-bond donors (Lipinski definition) is 2. The monoisotopic (exact) mass is 533 g/mol. The second-order valence-electron chi connectivity index (χ2n) is 11.5. The number of carboxylic acid groups (broad SMARTS) is 1. The van der Waals surface area contributed by atoms with Gasteiger partial charge < -0.3 is 19.9 Å². The normalized spacial score (nSPS) is 12.2. The van der Waals surface area contributed by atoms with Crippen LogP contribution in [0.4, 0.5) is 4.79 Å². The van der Waals surface area contributed by atoms with Crippen LogP contribution in [0, 0.1) is 0 Å². The van der Waals surface area contributed by atoms with Gasteiger partial charge >= 0.3 is 12.1 Å². The van der Waals surface area contributed by atoms with Gasteiger partial charge in [0.1, 0.15) is 17.4 Å². The van der Waals surface area contributed by atoms with E-state index in [1.807, 2.05) is 24.3 Å². The highest BCUT2D eigenvalue weighted by atomic mass is 16.6. The minimum atomic E-state index is -1.10. The fraction of sp³-hybridized carbons (Fsp3) is 0.750. The Hall–Kier alpha value is -2.24. The maximum absolute atomic E-state index is 11.9. The molecule has 38 heavy (non-hydrogen) atoms. The molecule has 1 amide bonds. The molecule has 0 unspecified atom stereocenters. The van der Waals surface area contributed by atoms with Crippen LogP contribution in [0.2, 0.25) is 0 Å². The Labute approximate surface area is 232 Å². The second-order valence-corrected chi connectivity index (χ2v) is 11.5. The Morgan fingerprint density at radius 1 is 0.763 bits per heavy atom. The van der Waals surface area contributed by atoms with Crippen LogP contribution in [-0.4, -0.2) is 35.4 Å². The van der Waals surface area contributed by atoms with Crippen molar-refractivity contribution in [3.05, 3.63) is 29.8 Å². The topological polar surface area (TPSA) is 84.9 Å². The predicted molar refractivity (Wildman–Crippen MR) is 156 cm³/mol. The predicted octanol–water partition coefficient (Wildman–Crippen LogP) is 8.85. The third kappa shape index (κ3) is 18.9. The summed E-state index contributed by atoms with van der Waals surface area (Å²) in [6.07, 6.45) is 21.0. The fourth-order valence-electron chi connectivity index (χ4n) is 4.45. The summed E-state index contributed by atoms with van der Waals surface area (Å²) in [6, 6.07) is 6.34. The molecular formula is C32H55NO5. The summed E-state index contributed by atoms with van der Waals surface area (Å²) in [6.45, 7) is 8.18. The molecule has 218 valence electrons. The molecule has 0 saturated heterocycles.